The molecule has 0 saturated carbocycles. The molecule has 2 aromatic rings. The van der Waals surface area contributed by atoms with Crippen molar-refractivity contribution in [2.75, 3.05) is 25.6 Å². The van der Waals surface area contributed by atoms with Gasteiger partial charge in [0, 0.05) is 28.9 Å². The Bertz CT molecular complexity index is 902. The molecule has 0 aliphatic carbocycles. The number of amides is 1. The van der Waals surface area contributed by atoms with E-state index in [1.54, 1.807) is 18.2 Å². The molecular formula is C20H20BrFN2O4. The fourth-order valence-corrected chi connectivity index (χ4v) is 3.42. The molecule has 0 radical (unpaired) electrons. The summed E-state index contributed by atoms with van der Waals surface area (Å²) in [6, 6.07) is 9.14. The molecule has 28 heavy (non-hydrogen) atoms. The molecule has 2 aromatic carbocycles. The van der Waals surface area contributed by atoms with Crippen molar-refractivity contribution in [2.45, 2.75) is 18.4 Å². The lowest BCUT2D eigenvalue weighted by Crippen LogP contribution is -2.34. The van der Waals surface area contributed by atoms with Crippen LogP contribution in [-0.4, -0.2) is 38.2 Å². The Morgan fingerprint density at radius 3 is 2.61 bits per heavy atom. The van der Waals surface area contributed by atoms with Crippen LogP contribution in [0, 0.1) is 5.82 Å². The Hall–Kier alpha value is -2.45. The second-order valence-electron chi connectivity index (χ2n) is 6.46. The zero-order valence-electron chi connectivity index (χ0n) is 15.2. The molecule has 8 heteroatoms. The fraction of sp³-hybridized carbons (Fsp3) is 0.300. The van der Waals surface area contributed by atoms with Crippen molar-refractivity contribution in [3.63, 3.8) is 0 Å². The number of carbonyl (C=O) groups is 2. The van der Waals surface area contributed by atoms with Gasteiger partial charge in [-0.3, -0.25) is 4.79 Å². The largest absolute Gasteiger partial charge is 0.465 e. The molecule has 0 bridgehead atoms. The van der Waals surface area contributed by atoms with E-state index >= 15 is 0 Å². The van der Waals surface area contributed by atoms with Gasteiger partial charge in [-0.1, -0.05) is 28.1 Å². The topological polar surface area (TPSA) is 90.7 Å². The van der Waals surface area contributed by atoms with Crippen LogP contribution < -0.4 is 11.1 Å². The van der Waals surface area contributed by atoms with Crippen molar-refractivity contribution in [3.8, 4) is 0 Å². The minimum atomic E-state index is -1.02. The number of benzene rings is 2. The van der Waals surface area contributed by atoms with Gasteiger partial charge in [-0.2, -0.15) is 0 Å². The van der Waals surface area contributed by atoms with Crippen molar-refractivity contribution in [2.24, 2.45) is 5.73 Å². The summed E-state index contributed by atoms with van der Waals surface area (Å²) in [7, 11) is 1.29. The highest BCUT2D eigenvalue weighted by Crippen LogP contribution is 2.34. The number of halogens is 2. The predicted octanol–water partition coefficient (Wildman–Crippen LogP) is 3.19. The molecule has 0 aromatic heterocycles. The van der Waals surface area contributed by atoms with E-state index < -0.39 is 23.6 Å². The summed E-state index contributed by atoms with van der Waals surface area (Å²) in [5.41, 5.74) is 7.07. The van der Waals surface area contributed by atoms with Crippen molar-refractivity contribution in [1.29, 1.82) is 0 Å². The van der Waals surface area contributed by atoms with E-state index in [-0.39, 0.29) is 11.7 Å². The molecular weight excluding hydrogens is 431 g/mol. The van der Waals surface area contributed by atoms with Gasteiger partial charge >= 0.3 is 5.97 Å². The van der Waals surface area contributed by atoms with E-state index in [4.69, 9.17) is 15.2 Å². The second-order valence-corrected chi connectivity index (χ2v) is 7.37. The summed E-state index contributed by atoms with van der Waals surface area (Å²) >= 11 is 3.21. The zero-order chi connectivity index (χ0) is 20.3. The Morgan fingerprint density at radius 2 is 2.04 bits per heavy atom. The highest BCUT2D eigenvalue weighted by molar-refractivity contribution is 9.10. The van der Waals surface area contributed by atoms with Gasteiger partial charge in [-0.15, -0.1) is 0 Å². The molecule has 2 atom stereocenters. The van der Waals surface area contributed by atoms with Crippen LogP contribution in [0.25, 0.3) is 0 Å². The monoisotopic (exact) mass is 450 g/mol. The standard InChI is InChI=1S/C20H20BrFN2O4/c1-27-20(26)11-2-4-15(17(8-11)24-10-13-6-7-28-13)18(19(23)25)14-5-3-12(21)9-16(14)22/h2-5,8-9,13,18,24H,6-7,10H2,1H3,(H2,23,25)/t13-,18?/m0/s1. The maximum atomic E-state index is 14.6. The van der Waals surface area contributed by atoms with Crippen LogP contribution in [-0.2, 0) is 14.3 Å². The Labute approximate surface area is 170 Å². The van der Waals surface area contributed by atoms with E-state index in [2.05, 4.69) is 21.2 Å². The summed E-state index contributed by atoms with van der Waals surface area (Å²) in [4.78, 5) is 24.2. The quantitative estimate of drug-likeness (QED) is 0.632. The third-order valence-electron chi connectivity index (χ3n) is 4.66. The summed E-state index contributed by atoms with van der Waals surface area (Å²) < 4.78 is 25.3. The van der Waals surface area contributed by atoms with Crippen molar-refractivity contribution >= 4 is 33.5 Å². The number of nitrogens with two attached hydrogens (primary N) is 1. The van der Waals surface area contributed by atoms with Crippen LogP contribution in [0.4, 0.5) is 10.1 Å². The zero-order valence-corrected chi connectivity index (χ0v) is 16.8. The Balaban J connectivity index is 2.04. The molecule has 0 spiro atoms. The van der Waals surface area contributed by atoms with Crippen LogP contribution in [0.15, 0.2) is 40.9 Å². The molecule has 3 N–H and O–H groups in total. The average molecular weight is 451 g/mol. The number of anilines is 1. The van der Waals surface area contributed by atoms with Crippen molar-refractivity contribution < 1.29 is 23.5 Å². The molecule has 1 aliphatic rings. The first kappa shape index (κ1) is 20.3. The van der Waals surface area contributed by atoms with Gasteiger partial charge in [0.1, 0.15) is 5.82 Å². The normalized spacial score (nSPS) is 16.8. The van der Waals surface area contributed by atoms with Crippen LogP contribution in [0.2, 0.25) is 0 Å². The average Bonchev–Trinajstić information content (AvgIpc) is 2.62. The molecule has 1 aliphatic heterocycles. The molecule has 1 unspecified atom stereocenters. The fourth-order valence-electron chi connectivity index (χ4n) is 3.08. The molecule has 1 saturated heterocycles. The number of hydrogen-bond donors (Lipinski definition) is 2. The van der Waals surface area contributed by atoms with Crippen LogP contribution in [0.5, 0.6) is 0 Å². The highest BCUT2D eigenvalue weighted by atomic mass is 79.9. The number of esters is 1. The minimum absolute atomic E-state index is 0.0473. The minimum Gasteiger partial charge on any atom is -0.465 e. The Morgan fingerprint density at radius 1 is 1.32 bits per heavy atom. The molecule has 1 heterocycles. The number of rotatable bonds is 7. The van der Waals surface area contributed by atoms with Gasteiger partial charge in [-0.25, -0.2) is 9.18 Å². The molecule has 148 valence electrons. The van der Waals surface area contributed by atoms with Gasteiger partial charge in [0.2, 0.25) is 5.91 Å². The van der Waals surface area contributed by atoms with Gasteiger partial charge in [0.25, 0.3) is 0 Å². The van der Waals surface area contributed by atoms with E-state index in [1.807, 2.05) is 0 Å². The number of carbonyl (C=O) groups excluding carboxylic acids is 2. The van der Waals surface area contributed by atoms with Gasteiger partial charge in [-0.05, 0) is 36.2 Å². The van der Waals surface area contributed by atoms with Crippen LogP contribution in [0.1, 0.15) is 33.8 Å². The number of nitrogens with one attached hydrogen (secondary N) is 1. The van der Waals surface area contributed by atoms with Gasteiger partial charge in [0.15, 0.2) is 0 Å². The predicted molar refractivity (Wildman–Crippen MR) is 106 cm³/mol. The number of primary amides is 1. The molecule has 3 rings (SSSR count). The van der Waals surface area contributed by atoms with Crippen LogP contribution >= 0.6 is 15.9 Å². The number of methoxy groups -OCH3 is 1. The first-order valence-corrected chi connectivity index (χ1v) is 9.52. The summed E-state index contributed by atoms with van der Waals surface area (Å²) in [5.74, 6) is -2.79. The lowest BCUT2D eigenvalue weighted by atomic mass is 9.88. The van der Waals surface area contributed by atoms with E-state index in [0.717, 1.165) is 6.42 Å². The van der Waals surface area contributed by atoms with Crippen molar-refractivity contribution in [1.82, 2.24) is 0 Å². The van der Waals surface area contributed by atoms with Crippen LogP contribution in [0.3, 0.4) is 0 Å². The first-order chi connectivity index (χ1) is 13.4. The third-order valence-corrected chi connectivity index (χ3v) is 5.15. The maximum absolute atomic E-state index is 14.6. The summed E-state index contributed by atoms with van der Waals surface area (Å²) in [6.45, 7) is 1.20. The number of ether oxygens (including phenoxy) is 2. The second kappa shape index (κ2) is 8.70. The first-order valence-electron chi connectivity index (χ1n) is 8.72. The number of hydrogen-bond acceptors (Lipinski definition) is 5. The lowest BCUT2D eigenvalue weighted by Gasteiger charge is -2.28. The van der Waals surface area contributed by atoms with Crippen molar-refractivity contribution in [3.05, 3.63) is 63.4 Å². The van der Waals surface area contributed by atoms with E-state index in [1.165, 1.54) is 25.3 Å². The van der Waals surface area contributed by atoms with E-state index in [9.17, 15) is 14.0 Å². The molecule has 6 nitrogen and oxygen atoms in total. The Kier molecular flexibility index (Phi) is 6.31. The smallest absolute Gasteiger partial charge is 0.337 e. The summed E-state index contributed by atoms with van der Waals surface area (Å²) in [6.07, 6.45) is 0.964. The molecule has 1 amide bonds. The SMILES string of the molecule is COC(=O)c1ccc(C(C(N)=O)c2ccc(Br)cc2F)c(NC[C@@H]2CCO2)c1. The van der Waals surface area contributed by atoms with E-state index in [0.29, 0.717) is 34.4 Å². The van der Waals surface area contributed by atoms with Gasteiger partial charge < -0.3 is 20.5 Å². The summed E-state index contributed by atoms with van der Waals surface area (Å²) in [5, 5.41) is 3.20. The maximum Gasteiger partial charge on any atom is 0.337 e. The molecule has 1 fully saturated rings. The van der Waals surface area contributed by atoms with Gasteiger partial charge in [0.05, 0.1) is 24.7 Å². The third kappa shape index (κ3) is 4.34. The highest BCUT2D eigenvalue weighted by Gasteiger charge is 2.27. The lowest BCUT2D eigenvalue weighted by molar-refractivity contribution is -0.118.